The van der Waals surface area contributed by atoms with Gasteiger partial charge < -0.3 is 5.32 Å². The summed E-state index contributed by atoms with van der Waals surface area (Å²) in [7, 11) is 0. The van der Waals surface area contributed by atoms with Gasteiger partial charge in [0.15, 0.2) is 0 Å². The minimum Gasteiger partial charge on any atom is -0.314 e. The van der Waals surface area contributed by atoms with E-state index in [9.17, 15) is 4.79 Å². The van der Waals surface area contributed by atoms with Gasteiger partial charge in [-0.25, -0.2) is 0 Å². The van der Waals surface area contributed by atoms with Crippen LogP contribution in [0.1, 0.15) is 39.5 Å². The second-order valence-corrected chi connectivity index (χ2v) is 5.21. The van der Waals surface area contributed by atoms with E-state index in [2.05, 4.69) is 19.2 Å². The van der Waals surface area contributed by atoms with Crippen molar-refractivity contribution in [3.05, 3.63) is 0 Å². The highest BCUT2D eigenvalue weighted by Crippen LogP contribution is 2.52. The van der Waals surface area contributed by atoms with E-state index >= 15 is 0 Å². The van der Waals surface area contributed by atoms with Gasteiger partial charge in [0.1, 0.15) is 5.78 Å². The van der Waals surface area contributed by atoms with Crippen molar-refractivity contribution in [1.82, 2.24) is 5.32 Å². The Balaban J connectivity index is 1.79. The van der Waals surface area contributed by atoms with Gasteiger partial charge in [-0.3, -0.25) is 4.79 Å². The number of Topliss-reactive ketones (excluding diaryl/α,β-unsaturated/α-hetero) is 1. The maximum absolute atomic E-state index is 11.7. The first-order valence-corrected chi connectivity index (χ1v) is 5.36. The summed E-state index contributed by atoms with van der Waals surface area (Å²) < 4.78 is 0. The molecule has 13 heavy (non-hydrogen) atoms. The molecule has 0 radical (unpaired) electrons. The standard InChI is InChI=1S/C11H19NO/c1-11(2)7-9(11)10(13)6-8-4-3-5-12-8/h8-9,12H,3-7H2,1-2H3. The van der Waals surface area contributed by atoms with Crippen molar-refractivity contribution >= 4 is 5.78 Å². The van der Waals surface area contributed by atoms with Crippen LogP contribution >= 0.6 is 0 Å². The van der Waals surface area contributed by atoms with E-state index in [-0.39, 0.29) is 0 Å². The fourth-order valence-electron chi connectivity index (χ4n) is 2.33. The van der Waals surface area contributed by atoms with Crippen LogP contribution in [0, 0.1) is 11.3 Å². The molecule has 1 saturated carbocycles. The van der Waals surface area contributed by atoms with E-state index < -0.39 is 0 Å². The van der Waals surface area contributed by atoms with Crippen molar-refractivity contribution in [3.63, 3.8) is 0 Å². The summed E-state index contributed by atoms with van der Waals surface area (Å²) in [5.74, 6) is 0.860. The number of rotatable bonds is 3. The lowest BCUT2D eigenvalue weighted by molar-refractivity contribution is -0.121. The monoisotopic (exact) mass is 181 g/mol. The van der Waals surface area contributed by atoms with Crippen LogP contribution in [-0.2, 0) is 4.79 Å². The van der Waals surface area contributed by atoms with Gasteiger partial charge in [-0.1, -0.05) is 13.8 Å². The number of hydrogen-bond donors (Lipinski definition) is 1. The third-order valence-corrected chi connectivity index (χ3v) is 3.51. The molecule has 0 spiro atoms. The Morgan fingerprint density at radius 1 is 1.54 bits per heavy atom. The predicted molar refractivity (Wildman–Crippen MR) is 52.5 cm³/mol. The minimum atomic E-state index is 0.315. The van der Waals surface area contributed by atoms with E-state index in [4.69, 9.17) is 0 Å². The molecule has 2 nitrogen and oxygen atoms in total. The lowest BCUT2D eigenvalue weighted by Crippen LogP contribution is -2.25. The molecule has 1 heterocycles. The first-order chi connectivity index (χ1) is 6.09. The summed E-state index contributed by atoms with van der Waals surface area (Å²) in [6.45, 7) is 5.49. The van der Waals surface area contributed by atoms with Crippen LogP contribution in [-0.4, -0.2) is 18.4 Å². The maximum atomic E-state index is 11.7. The second kappa shape index (κ2) is 3.09. The molecular formula is C11H19NO. The van der Waals surface area contributed by atoms with Crippen LogP contribution < -0.4 is 5.32 Å². The summed E-state index contributed by atoms with van der Waals surface area (Å²) >= 11 is 0. The quantitative estimate of drug-likeness (QED) is 0.718. The molecular weight excluding hydrogens is 162 g/mol. The molecule has 0 bridgehead atoms. The molecule has 74 valence electrons. The highest BCUT2D eigenvalue weighted by molar-refractivity contribution is 5.85. The van der Waals surface area contributed by atoms with E-state index in [1.54, 1.807) is 0 Å². The molecule has 0 aromatic carbocycles. The molecule has 2 fully saturated rings. The maximum Gasteiger partial charge on any atom is 0.138 e. The van der Waals surface area contributed by atoms with Gasteiger partial charge in [-0.05, 0) is 31.2 Å². The lowest BCUT2D eigenvalue weighted by Gasteiger charge is -2.09. The zero-order valence-electron chi connectivity index (χ0n) is 8.60. The number of nitrogens with one attached hydrogen (secondary N) is 1. The summed E-state index contributed by atoms with van der Waals surface area (Å²) in [6.07, 6.45) is 4.32. The number of carbonyl (C=O) groups is 1. The molecule has 1 saturated heterocycles. The fraction of sp³-hybridized carbons (Fsp3) is 0.909. The lowest BCUT2D eigenvalue weighted by atomic mass is 10.0. The number of ketones is 1. The molecule has 0 aromatic rings. The van der Waals surface area contributed by atoms with Gasteiger partial charge in [-0.2, -0.15) is 0 Å². The van der Waals surface area contributed by atoms with Crippen LogP contribution in [0.25, 0.3) is 0 Å². The van der Waals surface area contributed by atoms with Crippen LogP contribution in [0.15, 0.2) is 0 Å². The van der Waals surface area contributed by atoms with E-state index in [1.165, 1.54) is 12.8 Å². The first kappa shape index (κ1) is 9.20. The van der Waals surface area contributed by atoms with Gasteiger partial charge in [0, 0.05) is 18.4 Å². The molecule has 2 unspecified atom stereocenters. The summed E-state index contributed by atoms with van der Waals surface area (Å²) in [5, 5.41) is 3.38. The Morgan fingerprint density at radius 3 is 2.69 bits per heavy atom. The first-order valence-electron chi connectivity index (χ1n) is 5.36. The van der Waals surface area contributed by atoms with Crippen LogP contribution in [0.2, 0.25) is 0 Å². The van der Waals surface area contributed by atoms with Crippen molar-refractivity contribution in [3.8, 4) is 0 Å². The molecule has 1 aliphatic carbocycles. The molecule has 2 aliphatic rings. The van der Waals surface area contributed by atoms with E-state index in [1.807, 2.05) is 0 Å². The Bertz CT molecular complexity index is 216. The van der Waals surface area contributed by atoms with Crippen LogP contribution in [0.5, 0.6) is 0 Å². The largest absolute Gasteiger partial charge is 0.314 e. The Morgan fingerprint density at radius 2 is 2.23 bits per heavy atom. The summed E-state index contributed by atoms with van der Waals surface area (Å²) in [5.41, 5.74) is 0.315. The van der Waals surface area contributed by atoms with Gasteiger partial charge in [0.2, 0.25) is 0 Å². The SMILES string of the molecule is CC1(C)CC1C(=O)CC1CCCN1. The fourth-order valence-corrected chi connectivity index (χ4v) is 2.33. The zero-order valence-corrected chi connectivity index (χ0v) is 8.60. The van der Waals surface area contributed by atoms with Crippen LogP contribution in [0.3, 0.4) is 0 Å². The molecule has 2 atom stereocenters. The normalized spacial score (nSPS) is 36.2. The topological polar surface area (TPSA) is 29.1 Å². The smallest absolute Gasteiger partial charge is 0.138 e. The third kappa shape index (κ3) is 1.93. The third-order valence-electron chi connectivity index (χ3n) is 3.51. The molecule has 0 aromatic heterocycles. The van der Waals surface area contributed by atoms with Gasteiger partial charge >= 0.3 is 0 Å². The molecule has 1 aliphatic heterocycles. The molecule has 2 heteroatoms. The highest BCUT2D eigenvalue weighted by Gasteiger charge is 2.50. The number of hydrogen-bond acceptors (Lipinski definition) is 2. The Labute approximate surface area is 80.1 Å². The predicted octanol–water partition coefficient (Wildman–Crippen LogP) is 1.74. The molecule has 1 N–H and O–H groups in total. The van der Waals surface area contributed by atoms with Crippen molar-refractivity contribution < 1.29 is 4.79 Å². The van der Waals surface area contributed by atoms with Crippen molar-refractivity contribution in [2.45, 2.75) is 45.6 Å². The van der Waals surface area contributed by atoms with Crippen LogP contribution in [0.4, 0.5) is 0 Å². The van der Waals surface area contributed by atoms with Gasteiger partial charge in [-0.15, -0.1) is 0 Å². The van der Waals surface area contributed by atoms with Gasteiger partial charge in [0.25, 0.3) is 0 Å². The Kier molecular flexibility index (Phi) is 2.18. The summed E-state index contributed by atoms with van der Waals surface area (Å²) in [6, 6.07) is 0.490. The minimum absolute atomic E-state index is 0.315. The highest BCUT2D eigenvalue weighted by atomic mass is 16.1. The van der Waals surface area contributed by atoms with Crippen molar-refractivity contribution in [1.29, 1.82) is 0 Å². The van der Waals surface area contributed by atoms with E-state index in [0.29, 0.717) is 23.2 Å². The van der Waals surface area contributed by atoms with Gasteiger partial charge in [0.05, 0.1) is 0 Å². The average molecular weight is 181 g/mol. The van der Waals surface area contributed by atoms with Crippen molar-refractivity contribution in [2.24, 2.45) is 11.3 Å². The van der Waals surface area contributed by atoms with Crippen molar-refractivity contribution in [2.75, 3.05) is 6.54 Å². The Hall–Kier alpha value is -0.370. The second-order valence-electron chi connectivity index (χ2n) is 5.21. The summed E-state index contributed by atoms with van der Waals surface area (Å²) in [4.78, 5) is 11.7. The molecule has 2 rings (SSSR count). The average Bonchev–Trinajstić information content (AvgIpc) is 2.49. The molecule has 0 amide bonds. The van der Waals surface area contributed by atoms with E-state index in [0.717, 1.165) is 19.4 Å². The zero-order chi connectivity index (χ0) is 9.47. The number of carbonyl (C=O) groups excluding carboxylic acids is 1.